The fourth-order valence-corrected chi connectivity index (χ4v) is 3.83. The van der Waals surface area contributed by atoms with E-state index in [-0.39, 0.29) is 0 Å². The van der Waals surface area contributed by atoms with Crippen molar-refractivity contribution in [1.82, 2.24) is 19.7 Å². The monoisotopic (exact) mass is 447 g/mol. The zero-order chi connectivity index (χ0) is 23.5. The van der Waals surface area contributed by atoms with E-state index < -0.39 is 0 Å². The van der Waals surface area contributed by atoms with Crippen molar-refractivity contribution in [3.05, 3.63) is 48.2 Å². The third kappa shape index (κ3) is 4.04. The predicted octanol–water partition coefficient (Wildman–Crippen LogP) is 5.06. The van der Waals surface area contributed by atoms with Crippen LogP contribution in [0.2, 0.25) is 0 Å². The fraction of sp³-hybridized carbons (Fsp3) is 0.320. The number of ether oxygens (including phenoxy) is 3. The molecule has 0 unspecified atom stereocenters. The van der Waals surface area contributed by atoms with Gasteiger partial charge in [0, 0.05) is 12.1 Å². The van der Waals surface area contributed by atoms with Gasteiger partial charge < -0.3 is 19.5 Å². The maximum atomic E-state index is 5.79. The van der Waals surface area contributed by atoms with Crippen LogP contribution in [0.3, 0.4) is 0 Å². The molecule has 8 heteroatoms. The number of aromatic nitrogens is 4. The van der Waals surface area contributed by atoms with E-state index in [1.807, 2.05) is 43.3 Å². The van der Waals surface area contributed by atoms with Crippen LogP contribution in [-0.4, -0.2) is 47.6 Å². The minimum absolute atomic E-state index is 0.311. The molecule has 0 aliphatic rings. The van der Waals surface area contributed by atoms with Gasteiger partial charge in [0.05, 0.1) is 27.5 Å². The number of anilines is 1. The van der Waals surface area contributed by atoms with Gasteiger partial charge in [-0.1, -0.05) is 26.0 Å². The Labute approximate surface area is 193 Å². The molecule has 0 atom stereocenters. The summed E-state index contributed by atoms with van der Waals surface area (Å²) in [5.41, 5.74) is 4.76. The third-order valence-corrected chi connectivity index (χ3v) is 5.50. The van der Waals surface area contributed by atoms with E-state index in [4.69, 9.17) is 19.2 Å². The van der Waals surface area contributed by atoms with Crippen LogP contribution in [0.5, 0.6) is 17.2 Å². The van der Waals surface area contributed by atoms with E-state index in [0.717, 1.165) is 16.6 Å². The summed E-state index contributed by atoms with van der Waals surface area (Å²) in [4.78, 5) is 9.52. The van der Waals surface area contributed by atoms with Gasteiger partial charge in [0.15, 0.2) is 0 Å². The first kappa shape index (κ1) is 22.4. The minimum atomic E-state index is 0.311. The lowest BCUT2D eigenvalue weighted by Gasteiger charge is -2.18. The Kier molecular flexibility index (Phi) is 6.35. The van der Waals surface area contributed by atoms with Crippen LogP contribution in [0.15, 0.2) is 42.6 Å². The molecule has 0 aliphatic carbocycles. The molecule has 0 fully saturated rings. The highest BCUT2D eigenvalue weighted by atomic mass is 16.5. The lowest BCUT2D eigenvalue weighted by Crippen LogP contribution is -2.08. The standard InChI is InChI=1S/C25H29N5O3/c1-7-26-25-28-18-14-27-30(23(18)22(29-25)17-10-8-9-11-19(17)31-4)24-20(32-5)12-16(15(2)3)13-21(24)33-6/h8-15H,7H2,1-6H3,(H,26,28,29). The topological polar surface area (TPSA) is 83.3 Å². The Morgan fingerprint density at radius 3 is 2.21 bits per heavy atom. The van der Waals surface area contributed by atoms with Gasteiger partial charge in [-0.05, 0) is 42.7 Å². The maximum absolute atomic E-state index is 5.79. The molecule has 2 heterocycles. The molecule has 4 aromatic rings. The molecule has 2 aromatic carbocycles. The molecule has 4 rings (SSSR count). The molecule has 0 radical (unpaired) electrons. The summed E-state index contributed by atoms with van der Waals surface area (Å²) >= 11 is 0. The molecule has 0 bridgehead atoms. The summed E-state index contributed by atoms with van der Waals surface area (Å²) in [5.74, 6) is 2.86. The normalized spacial score (nSPS) is 11.1. The van der Waals surface area contributed by atoms with Gasteiger partial charge in [0.2, 0.25) is 5.95 Å². The number of hydrogen-bond acceptors (Lipinski definition) is 7. The summed E-state index contributed by atoms with van der Waals surface area (Å²) < 4.78 is 19.0. The largest absolute Gasteiger partial charge is 0.496 e. The molecule has 8 nitrogen and oxygen atoms in total. The van der Waals surface area contributed by atoms with Crippen molar-refractivity contribution in [2.75, 3.05) is 33.2 Å². The number of methoxy groups -OCH3 is 3. The van der Waals surface area contributed by atoms with Crippen LogP contribution in [0.4, 0.5) is 5.95 Å². The Balaban J connectivity index is 2.08. The van der Waals surface area contributed by atoms with Crippen molar-refractivity contribution in [1.29, 1.82) is 0 Å². The van der Waals surface area contributed by atoms with Crippen molar-refractivity contribution in [3.63, 3.8) is 0 Å². The quantitative estimate of drug-likeness (QED) is 0.404. The van der Waals surface area contributed by atoms with Crippen molar-refractivity contribution in [2.45, 2.75) is 26.7 Å². The number of para-hydroxylation sites is 1. The Hall–Kier alpha value is -3.81. The molecule has 2 aromatic heterocycles. The van der Waals surface area contributed by atoms with Gasteiger partial charge in [-0.3, -0.25) is 0 Å². The zero-order valence-corrected chi connectivity index (χ0v) is 19.8. The highest BCUT2D eigenvalue weighted by Gasteiger charge is 2.23. The molecule has 0 saturated heterocycles. The first-order valence-electron chi connectivity index (χ1n) is 10.9. The van der Waals surface area contributed by atoms with Crippen molar-refractivity contribution < 1.29 is 14.2 Å². The number of rotatable bonds is 8. The molecule has 33 heavy (non-hydrogen) atoms. The average molecular weight is 448 g/mol. The first-order chi connectivity index (χ1) is 16.0. The van der Waals surface area contributed by atoms with E-state index in [0.29, 0.717) is 52.6 Å². The number of nitrogens with zero attached hydrogens (tertiary/aromatic N) is 4. The zero-order valence-electron chi connectivity index (χ0n) is 19.8. The molecule has 0 aliphatic heterocycles. The number of hydrogen-bond donors (Lipinski definition) is 1. The molecule has 0 amide bonds. The van der Waals surface area contributed by atoms with Gasteiger partial charge in [-0.25, -0.2) is 14.6 Å². The minimum Gasteiger partial charge on any atom is -0.496 e. The summed E-state index contributed by atoms with van der Waals surface area (Å²) in [7, 11) is 4.94. The Bertz CT molecular complexity index is 1260. The van der Waals surface area contributed by atoms with Gasteiger partial charge in [-0.2, -0.15) is 5.10 Å². The van der Waals surface area contributed by atoms with Gasteiger partial charge >= 0.3 is 0 Å². The van der Waals surface area contributed by atoms with Crippen molar-refractivity contribution in [3.8, 4) is 34.2 Å². The second-order valence-corrected chi connectivity index (χ2v) is 7.85. The summed E-state index contributed by atoms with van der Waals surface area (Å²) in [6, 6.07) is 11.8. The highest BCUT2D eigenvalue weighted by Crippen LogP contribution is 2.40. The summed E-state index contributed by atoms with van der Waals surface area (Å²) in [6.45, 7) is 6.97. The summed E-state index contributed by atoms with van der Waals surface area (Å²) in [6.07, 6.45) is 1.73. The highest BCUT2D eigenvalue weighted by molar-refractivity contribution is 5.93. The molecular formula is C25H29N5O3. The molecule has 0 spiro atoms. The fourth-order valence-electron chi connectivity index (χ4n) is 3.83. The first-order valence-corrected chi connectivity index (χ1v) is 10.9. The number of nitrogens with one attached hydrogen (secondary N) is 1. The average Bonchev–Trinajstić information content (AvgIpc) is 3.26. The SMILES string of the molecule is CCNc1nc(-c2ccccc2OC)c2c(cnn2-c2c(OC)cc(C(C)C)cc2OC)n1. The predicted molar refractivity (Wildman–Crippen MR) is 130 cm³/mol. The second-order valence-electron chi connectivity index (χ2n) is 7.85. The molecule has 1 N–H and O–H groups in total. The van der Waals surface area contributed by atoms with Crippen LogP contribution in [0, 0.1) is 0 Å². The lowest BCUT2D eigenvalue weighted by molar-refractivity contribution is 0.388. The molecule has 172 valence electrons. The van der Waals surface area contributed by atoms with E-state index in [1.54, 1.807) is 32.2 Å². The third-order valence-electron chi connectivity index (χ3n) is 5.50. The van der Waals surface area contributed by atoms with Crippen molar-refractivity contribution in [2.24, 2.45) is 0 Å². The van der Waals surface area contributed by atoms with Gasteiger partial charge in [0.1, 0.15) is 39.7 Å². The Morgan fingerprint density at radius 1 is 0.939 bits per heavy atom. The smallest absolute Gasteiger partial charge is 0.223 e. The van der Waals surface area contributed by atoms with Gasteiger partial charge in [0.25, 0.3) is 0 Å². The van der Waals surface area contributed by atoms with Crippen LogP contribution in [0.25, 0.3) is 28.0 Å². The van der Waals surface area contributed by atoms with E-state index >= 15 is 0 Å². The summed E-state index contributed by atoms with van der Waals surface area (Å²) in [5, 5.41) is 7.90. The van der Waals surface area contributed by atoms with Crippen LogP contribution in [-0.2, 0) is 0 Å². The number of benzene rings is 2. The van der Waals surface area contributed by atoms with E-state index in [9.17, 15) is 0 Å². The second kappa shape index (κ2) is 9.36. The van der Waals surface area contributed by atoms with Crippen LogP contribution in [0.1, 0.15) is 32.3 Å². The van der Waals surface area contributed by atoms with Crippen LogP contribution < -0.4 is 19.5 Å². The lowest BCUT2D eigenvalue weighted by atomic mass is 10.0. The van der Waals surface area contributed by atoms with E-state index in [1.165, 1.54) is 0 Å². The number of fused-ring (bicyclic) bond motifs is 1. The maximum Gasteiger partial charge on any atom is 0.223 e. The van der Waals surface area contributed by atoms with Crippen LogP contribution >= 0.6 is 0 Å². The Morgan fingerprint density at radius 2 is 1.61 bits per heavy atom. The van der Waals surface area contributed by atoms with Crippen molar-refractivity contribution >= 4 is 17.0 Å². The van der Waals surface area contributed by atoms with Gasteiger partial charge in [-0.15, -0.1) is 0 Å². The van der Waals surface area contributed by atoms with E-state index in [2.05, 4.69) is 29.2 Å². The molecular weight excluding hydrogens is 418 g/mol. The molecule has 0 saturated carbocycles.